The summed E-state index contributed by atoms with van der Waals surface area (Å²) in [6.07, 6.45) is -2.19. The summed E-state index contributed by atoms with van der Waals surface area (Å²) in [5, 5.41) is 15.5. The molecule has 2 N–H and O–H groups in total. The van der Waals surface area contributed by atoms with Crippen molar-refractivity contribution in [3.8, 4) is 0 Å². The molecule has 0 aromatic carbocycles. The maximum atomic E-state index is 10.6. The lowest BCUT2D eigenvalue weighted by Gasteiger charge is -1.93. The van der Waals surface area contributed by atoms with Crippen LogP contribution >= 0.6 is 0 Å². The van der Waals surface area contributed by atoms with Gasteiger partial charge in [-0.2, -0.15) is 13.2 Å². The Hall–Kier alpha value is -2.12. The molecule has 0 aliphatic heterocycles. The van der Waals surface area contributed by atoms with Crippen molar-refractivity contribution in [3.63, 3.8) is 0 Å². The monoisotopic (exact) mass is 237 g/mol. The van der Waals surface area contributed by atoms with Crippen LogP contribution in [0.1, 0.15) is 10.4 Å². The average Bonchev–Trinajstić information content (AvgIpc) is 2.18. The summed E-state index contributed by atoms with van der Waals surface area (Å²) >= 11 is 0. The van der Waals surface area contributed by atoms with Crippen molar-refractivity contribution in [1.29, 1.82) is 0 Å². The van der Waals surface area contributed by atoms with Gasteiger partial charge in [-0.15, -0.1) is 0 Å². The molecule has 0 aliphatic rings. The van der Waals surface area contributed by atoms with Crippen LogP contribution in [-0.2, 0) is 4.79 Å². The van der Waals surface area contributed by atoms with Crippen LogP contribution in [0.25, 0.3) is 0 Å². The second kappa shape index (κ2) is 5.69. The van der Waals surface area contributed by atoms with Crippen molar-refractivity contribution in [2.45, 2.75) is 6.18 Å². The molecule has 0 bridgehead atoms. The smallest absolute Gasteiger partial charge is 0.478 e. The lowest BCUT2D eigenvalue weighted by molar-refractivity contribution is -0.192. The summed E-state index contributed by atoms with van der Waals surface area (Å²) in [6, 6.07) is 2.89. The van der Waals surface area contributed by atoms with Gasteiger partial charge in [-0.1, -0.05) is 0 Å². The molecule has 0 spiro atoms. The summed E-state index contributed by atoms with van der Waals surface area (Å²) < 4.78 is 31.7. The van der Waals surface area contributed by atoms with Crippen molar-refractivity contribution < 1.29 is 33.0 Å². The van der Waals surface area contributed by atoms with Gasteiger partial charge >= 0.3 is 18.1 Å². The fraction of sp³-hybridized carbons (Fsp3) is 0.125. The third-order valence-electron chi connectivity index (χ3n) is 1.17. The van der Waals surface area contributed by atoms with E-state index in [4.69, 9.17) is 15.0 Å². The molecule has 0 aliphatic carbocycles. The van der Waals surface area contributed by atoms with E-state index in [1.807, 2.05) is 0 Å². The number of hydrogen-bond acceptors (Lipinski definition) is 3. The topological polar surface area (TPSA) is 87.5 Å². The summed E-state index contributed by atoms with van der Waals surface area (Å²) in [4.78, 5) is 22.7. The summed E-state index contributed by atoms with van der Waals surface area (Å²) in [5.74, 6) is -3.68. The number of aliphatic carboxylic acids is 1. The van der Waals surface area contributed by atoms with Crippen molar-refractivity contribution in [2.24, 2.45) is 0 Å². The van der Waals surface area contributed by atoms with Crippen LogP contribution in [0.15, 0.2) is 24.5 Å². The van der Waals surface area contributed by atoms with E-state index in [-0.39, 0.29) is 5.56 Å². The van der Waals surface area contributed by atoms with Gasteiger partial charge in [-0.3, -0.25) is 4.98 Å². The third kappa shape index (κ3) is 5.58. The largest absolute Gasteiger partial charge is 0.490 e. The molecule has 0 atom stereocenters. The Balaban J connectivity index is 0.000000293. The first-order chi connectivity index (χ1) is 7.25. The number of carboxylic acid groups (broad SMARTS) is 2. The number of hydrogen-bond donors (Lipinski definition) is 2. The van der Waals surface area contributed by atoms with Crippen molar-refractivity contribution in [2.75, 3.05) is 0 Å². The van der Waals surface area contributed by atoms with Gasteiger partial charge in [-0.05, 0) is 12.1 Å². The second-order valence-electron chi connectivity index (χ2n) is 2.34. The molecule has 8 heteroatoms. The molecule has 0 amide bonds. The summed E-state index contributed by atoms with van der Waals surface area (Å²) in [6.45, 7) is 0. The average molecular weight is 237 g/mol. The zero-order valence-corrected chi connectivity index (χ0v) is 7.60. The molecule has 1 aromatic heterocycles. The Morgan fingerprint density at radius 3 is 1.69 bits per heavy atom. The minimum Gasteiger partial charge on any atom is -0.478 e. The Morgan fingerprint density at radius 1 is 1.12 bits per heavy atom. The lowest BCUT2D eigenvalue weighted by Crippen LogP contribution is -2.21. The van der Waals surface area contributed by atoms with Crippen LogP contribution in [0, 0.1) is 0 Å². The molecule has 0 radical (unpaired) electrons. The zero-order chi connectivity index (χ0) is 12.8. The molecular weight excluding hydrogens is 231 g/mol. The Morgan fingerprint density at radius 2 is 1.50 bits per heavy atom. The normalized spacial score (nSPS) is 9.94. The van der Waals surface area contributed by atoms with E-state index in [9.17, 15) is 18.0 Å². The van der Waals surface area contributed by atoms with Crippen LogP contribution in [0.5, 0.6) is 0 Å². The highest BCUT2D eigenvalue weighted by atomic mass is 19.4. The van der Waals surface area contributed by atoms with Gasteiger partial charge in [0, 0.05) is 12.4 Å². The molecular formula is C8H6F3NO4. The predicted molar refractivity (Wildman–Crippen MR) is 44.9 cm³/mol. The minimum atomic E-state index is -5.08. The Kier molecular flexibility index (Phi) is 4.93. The van der Waals surface area contributed by atoms with E-state index in [1.54, 1.807) is 0 Å². The van der Waals surface area contributed by atoms with E-state index in [1.165, 1.54) is 24.5 Å². The molecule has 0 unspecified atom stereocenters. The summed E-state index contributed by atoms with van der Waals surface area (Å²) in [5.41, 5.74) is 0.269. The highest BCUT2D eigenvalue weighted by Gasteiger charge is 2.38. The number of rotatable bonds is 1. The van der Waals surface area contributed by atoms with Gasteiger partial charge in [0.05, 0.1) is 5.56 Å². The number of carboxylic acids is 2. The Bertz CT molecular complexity index is 363. The first kappa shape index (κ1) is 13.9. The number of aromatic nitrogens is 1. The van der Waals surface area contributed by atoms with Crippen LogP contribution < -0.4 is 0 Å². The van der Waals surface area contributed by atoms with Gasteiger partial charge in [0.1, 0.15) is 0 Å². The molecule has 16 heavy (non-hydrogen) atoms. The Labute approximate surface area is 87.2 Å². The lowest BCUT2D eigenvalue weighted by atomic mass is 10.3. The molecule has 0 saturated carbocycles. The first-order valence-electron chi connectivity index (χ1n) is 3.68. The molecule has 5 nitrogen and oxygen atoms in total. The van der Waals surface area contributed by atoms with Gasteiger partial charge in [0.25, 0.3) is 0 Å². The van der Waals surface area contributed by atoms with E-state index in [0.717, 1.165) is 0 Å². The third-order valence-corrected chi connectivity index (χ3v) is 1.17. The fourth-order valence-corrected chi connectivity index (χ4v) is 0.494. The SMILES string of the molecule is O=C(O)C(F)(F)F.O=C(O)c1ccncc1. The predicted octanol–water partition coefficient (Wildman–Crippen LogP) is 1.41. The molecule has 0 fully saturated rings. The van der Waals surface area contributed by atoms with E-state index >= 15 is 0 Å². The maximum Gasteiger partial charge on any atom is 0.490 e. The molecule has 1 aromatic rings. The van der Waals surface area contributed by atoms with Crippen LogP contribution in [-0.4, -0.2) is 33.3 Å². The number of aromatic carboxylic acids is 1. The van der Waals surface area contributed by atoms with Gasteiger partial charge in [0.15, 0.2) is 0 Å². The quantitative estimate of drug-likeness (QED) is 0.771. The van der Waals surface area contributed by atoms with Gasteiger partial charge in [-0.25, -0.2) is 9.59 Å². The van der Waals surface area contributed by atoms with Crippen LogP contribution in [0.2, 0.25) is 0 Å². The van der Waals surface area contributed by atoms with Crippen molar-refractivity contribution in [3.05, 3.63) is 30.1 Å². The number of halogens is 3. The van der Waals surface area contributed by atoms with Crippen molar-refractivity contribution in [1.82, 2.24) is 4.98 Å². The van der Waals surface area contributed by atoms with Gasteiger partial charge in [0.2, 0.25) is 0 Å². The number of pyridine rings is 1. The number of carbonyl (C=O) groups is 2. The highest BCUT2D eigenvalue weighted by molar-refractivity contribution is 5.87. The fourth-order valence-electron chi connectivity index (χ4n) is 0.494. The maximum absolute atomic E-state index is 10.6. The number of nitrogens with zero attached hydrogens (tertiary/aromatic N) is 1. The van der Waals surface area contributed by atoms with Gasteiger partial charge < -0.3 is 10.2 Å². The number of alkyl halides is 3. The van der Waals surface area contributed by atoms with E-state index in [2.05, 4.69) is 4.98 Å². The summed E-state index contributed by atoms with van der Waals surface area (Å²) in [7, 11) is 0. The molecule has 88 valence electrons. The first-order valence-corrected chi connectivity index (χ1v) is 3.68. The highest BCUT2D eigenvalue weighted by Crippen LogP contribution is 2.13. The van der Waals surface area contributed by atoms with E-state index < -0.39 is 18.1 Å². The van der Waals surface area contributed by atoms with Crippen LogP contribution in [0.4, 0.5) is 13.2 Å². The molecule has 0 saturated heterocycles. The van der Waals surface area contributed by atoms with Crippen molar-refractivity contribution >= 4 is 11.9 Å². The molecule has 1 heterocycles. The zero-order valence-electron chi connectivity index (χ0n) is 7.60. The molecule has 1 rings (SSSR count). The van der Waals surface area contributed by atoms with E-state index in [0.29, 0.717) is 0 Å². The standard InChI is InChI=1S/C6H5NO2.C2HF3O2/c8-6(9)5-1-3-7-4-2-5;3-2(4,5)1(6)7/h1-4H,(H,8,9);(H,6,7). The van der Waals surface area contributed by atoms with Crippen LogP contribution in [0.3, 0.4) is 0 Å². The minimum absolute atomic E-state index is 0.269. The second-order valence-corrected chi connectivity index (χ2v) is 2.34.